The Morgan fingerprint density at radius 1 is 1.09 bits per heavy atom. The average Bonchev–Trinajstić information content (AvgIpc) is 3.10. The molecule has 2 aliphatic rings. The predicted molar refractivity (Wildman–Crippen MR) is 124 cm³/mol. The zero-order chi connectivity index (χ0) is 24.9. The summed E-state index contributed by atoms with van der Waals surface area (Å²) in [7, 11) is 4.45. The van der Waals surface area contributed by atoms with Gasteiger partial charge in [-0.1, -0.05) is 24.3 Å². The fourth-order valence-corrected chi connectivity index (χ4v) is 4.05. The lowest BCUT2D eigenvalue weighted by Crippen LogP contribution is -2.34. The number of benzene rings is 1. The van der Waals surface area contributed by atoms with Crippen molar-refractivity contribution in [2.75, 3.05) is 28.1 Å². The Bertz CT molecular complexity index is 921. The summed E-state index contributed by atoms with van der Waals surface area (Å²) in [4.78, 5) is 13.3. The molecule has 0 aromatic heterocycles. The number of ether oxygens (including phenoxy) is 7. The van der Waals surface area contributed by atoms with Gasteiger partial charge in [-0.05, 0) is 38.8 Å². The minimum absolute atomic E-state index is 0.104. The number of methoxy groups -OCH3 is 3. The molecular formula is C25H34O9. The fraction of sp³-hybridized carbons (Fsp3) is 0.560. The van der Waals surface area contributed by atoms with Crippen molar-refractivity contribution in [1.29, 1.82) is 0 Å². The van der Waals surface area contributed by atoms with Crippen LogP contribution in [-0.4, -0.2) is 69.4 Å². The Morgan fingerprint density at radius 3 is 2.53 bits per heavy atom. The smallest absolute Gasteiger partial charge is 0.342 e. The molecule has 2 heterocycles. The molecule has 1 saturated heterocycles. The molecule has 9 heteroatoms. The maximum absolute atomic E-state index is 13.3. The number of carbonyl (C=O) groups excluding carboxylic acids is 1. The van der Waals surface area contributed by atoms with Crippen LogP contribution in [0.2, 0.25) is 0 Å². The Hall–Kier alpha value is -2.59. The number of aliphatic hydroxyl groups excluding tert-OH is 1. The highest BCUT2D eigenvalue weighted by atomic mass is 16.8. The molecule has 1 unspecified atom stereocenters. The van der Waals surface area contributed by atoms with Crippen LogP contribution >= 0.6 is 0 Å². The summed E-state index contributed by atoms with van der Waals surface area (Å²) >= 11 is 0. The molecule has 4 atom stereocenters. The Balaban J connectivity index is 2.10. The second-order valence-corrected chi connectivity index (χ2v) is 8.60. The van der Waals surface area contributed by atoms with Crippen molar-refractivity contribution in [3.05, 3.63) is 35.4 Å². The molecule has 1 aromatic rings. The normalized spacial score (nSPS) is 28.6. The molecule has 9 nitrogen and oxygen atoms in total. The van der Waals surface area contributed by atoms with E-state index in [1.165, 1.54) is 21.3 Å². The van der Waals surface area contributed by atoms with Gasteiger partial charge in [-0.25, -0.2) is 4.79 Å². The summed E-state index contributed by atoms with van der Waals surface area (Å²) < 4.78 is 39.5. The third-order valence-electron chi connectivity index (χ3n) is 5.52. The SMILES string of the molecule is COCOc1c(OC)c(OC)cc2c1C(=O)O[C@@H](C)C/C=C\C(O)[C@H]1OC(C)(C)O[C@H]1C/C=C/2. The molecule has 34 heavy (non-hydrogen) atoms. The number of hydrogen-bond acceptors (Lipinski definition) is 9. The largest absolute Gasteiger partial charge is 0.493 e. The highest BCUT2D eigenvalue weighted by molar-refractivity contribution is 5.98. The molecule has 0 aliphatic carbocycles. The minimum atomic E-state index is -0.864. The maximum Gasteiger partial charge on any atom is 0.342 e. The number of aliphatic hydroxyl groups is 1. The van der Waals surface area contributed by atoms with E-state index in [4.69, 9.17) is 33.2 Å². The second kappa shape index (κ2) is 11.2. The zero-order valence-corrected chi connectivity index (χ0v) is 20.5. The number of cyclic esters (lactones) is 1. The third-order valence-corrected chi connectivity index (χ3v) is 5.52. The first-order valence-electron chi connectivity index (χ1n) is 11.2. The van der Waals surface area contributed by atoms with E-state index in [9.17, 15) is 9.90 Å². The van der Waals surface area contributed by atoms with Gasteiger partial charge in [-0.15, -0.1) is 0 Å². The molecule has 0 saturated carbocycles. The summed E-state index contributed by atoms with van der Waals surface area (Å²) in [5.74, 6) is -0.595. The van der Waals surface area contributed by atoms with E-state index in [0.29, 0.717) is 24.2 Å². The highest BCUT2D eigenvalue weighted by Gasteiger charge is 2.43. The lowest BCUT2D eigenvalue weighted by molar-refractivity contribution is -0.152. The van der Waals surface area contributed by atoms with E-state index in [1.807, 2.05) is 19.9 Å². The predicted octanol–water partition coefficient (Wildman–Crippen LogP) is 3.48. The molecule has 0 bridgehead atoms. The summed E-state index contributed by atoms with van der Waals surface area (Å²) in [6, 6.07) is 1.68. The number of fused-ring (bicyclic) bond motifs is 2. The van der Waals surface area contributed by atoms with Crippen LogP contribution in [0.25, 0.3) is 6.08 Å². The van der Waals surface area contributed by atoms with Crippen LogP contribution in [0, 0.1) is 0 Å². The fourth-order valence-electron chi connectivity index (χ4n) is 4.05. The first-order chi connectivity index (χ1) is 16.2. The van der Waals surface area contributed by atoms with E-state index in [-0.39, 0.29) is 30.0 Å². The lowest BCUT2D eigenvalue weighted by atomic mass is 10.0. The summed E-state index contributed by atoms with van der Waals surface area (Å²) in [5.41, 5.74) is 0.711. The van der Waals surface area contributed by atoms with Crippen molar-refractivity contribution in [3.63, 3.8) is 0 Å². The van der Waals surface area contributed by atoms with Gasteiger partial charge in [0, 0.05) is 13.5 Å². The number of esters is 1. The molecule has 1 N–H and O–H groups in total. The quantitative estimate of drug-likeness (QED) is 0.387. The van der Waals surface area contributed by atoms with Gasteiger partial charge < -0.3 is 38.3 Å². The van der Waals surface area contributed by atoms with E-state index >= 15 is 0 Å². The van der Waals surface area contributed by atoms with E-state index in [0.717, 1.165) is 0 Å². The van der Waals surface area contributed by atoms with Crippen LogP contribution in [0.4, 0.5) is 0 Å². The zero-order valence-electron chi connectivity index (χ0n) is 20.5. The van der Waals surface area contributed by atoms with Crippen LogP contribution in [0.5, 0.6) is 17.2 Å². The molecular weight excluding hydrogens is 444 g/mol. The van der Waals surface area contributed by atoms with Crippen molar-refractivity contribution in [3.8, 4) is 17.2 Å². The minimum Gasteiger partial charge on any atom is -0.493 e. The van der Waals surface area contributed by atoms with Gasteiger partial charge in [0.1, 0.15) is 23.9 Å². The third kappa shape index (κ3) is 5.90. The molecule has 1 aromatic carbocycles. The molecule has 0 amide bonds. The van der Waals surface area contributed by atoms with E-state index in [1.54, 1.807) is 31.2 Å². The standard InChI is InChI=1S/C25H34O9/c1-15-9-7-11-17(26)21-18(33-25(2,3)34-21)12-8-10-16-13-19(29-5)22(30-6)23(31-14-28-4)20(16)24(27)32-15/h7-8,10-11,13,15,17-18,21,26H,9,12,14H2,1-6H3/b10-8+,11-7-/t15-,17?,18-,21+/m0/s1. The highest BCUT2D eigenvalue weighted by Crippen LogP contribution is 2.43. The van der Waals surface area contributed by atoms with Crippen molar-refractivity contribution in [2.45, 2.75) is 63.8 Å². The number of hydrogen-bond donors (Lipinski definition) is 1. The van der Waals surface area contributed by atoms with Gasteiger partial charge in [0.2, 0.25) is 5.75 Å². The van der Waals surface area contributed by atoms with Crippen LogP contribution < -0.4 is 14.2 Å². The Morgan fingerprint density at radius 2 is 1.85 bits per heavy atom. The van der Waals surface area contributed by atoms with Gasteiger partial charge in [0.05, 0.1) is 20.3 Å². The summed E-state index contributed by atoms with van der Waals surface area (Å²) in [5, 5.41) is 10.7. The summed E-state index contributed by atoms with van der Waals surface area (Å²) in [6.07, 6.45) is 5.63. The second-order valence-electron chi connectivity index (χ2n) is 8.60. The molecule has 2 aliphatic heterocycles. The topological polar surface area (TPSA) is 102 Å². The number of rotatable bonds is 5. The van der Waals surface area contributed by atoms with Crippen molar-refractivity contribution in [2.24, 2.45) is 0 Å². The van der Waals surface area contributed by atoms with Crippen molar-refractivity contribution >= 4 is 12.0 Å². The Kier molecular flexibility index (Phi) is 8.59. The molecule has 0 spiro atoms. The molecule has 0 radical (unpaired) electrons. The maximum atomic E-state index is 13.3. The molecule has 188 valence electrons. The number of carbonyl (C=O) groups is 1. The average molecular weight is 479 g/mol. The van der Waals surface area contributed by atoms with Gasteiger partial charge >= 0.3 is 5.97 Å². The van der Waals surface area contributed by atoms with Crippen LogP contribution in [-0.2, 0) is 18.9 Å². The van der Waals surface area contributed by atoms with Crippen molar-refractivity contribution in [1.82, 2.24) is 0 Å². The monoisotopic (exact) mass is 478 g/mol. The summed E-state index contributed by atoms with van der Waals surface area (Å²) in [6.45, 7) is 5.30. The van der Waals surface area contributed by atoms with Gasteiger partial charge in [-0.2, -0.15) is 0 Å². The van der Waals surface area contributed by atoms with Gasteiger partial charge in [-0.3, -0.25) is 0 Å². The Labute approximate surface area is 200 Å². The van der Waals surface area contributed by atoms with Crippen LogP contribution in [0.15, 0.2) is 24.3 Å². The van der Waals surface area contributed by atoms with Crippen LogP contribution in [0.1, 0.15) is 49.5 Å². The molecule has 1 fully saturated rings. The van der Waals surface area contributed by atoms with Gasteiger partial charge in [0.15, 0.2) is 24.1 Å². The van der Waals surface area contributed by atoms with E-state index < -0.39 is 30.1 Å². The lowest BCUT2D eigenvalue weighted by Gasteiger charge is -2.21. The van der Waals surface area contributed by atoms with Crippen LogP contribution in [0.3, 0.4) is 0 Å². The first kappa shape index (κ1) is 26.0. The van der Waals surface area contributed by atoms with Gasteiger partial charge in [0.25, 0.3) is 0 Å². The molecule has 3 rings (SSSR count). The van der Waals surface area contributed by atoms with Crippen molar-refractivity contribution < 1.29 is 43.1 Å². The first-order valence-corrected chi connectivity index (χ1v) is 11.2. The van der Waals surface area contributed by atoms with E-state index in [2.05, 4.69) is 0 Å².